The summed E-state index contributed by atoms with van der Waals surface area (Å²) in [7, 11) is -3.97. The summed E-state index contributed by atoms with van der Waals surface area (Å²) in [5.41, 5.74) is 0. The first kappa shape index (κ1) is 23.4. The van der Waals surface area contributed by atoms with E-state index in [2.05, 4.69) is 10.3 Å². The van der Waals surface area contributed by atoms with Gasteiger partial charge in [0.15, 0.2) is 9.34 Å². The lowest BCUT2D eigenvalue weighted by molar-refractivity contribution is -0.140. The minimum Gasteiger partial charge on any atom is -0.480 e. The van der Waals surface area contributed by atoms with E-state index in [0.717, 1.165) is 67.0 Å². The second-order valence-electron chi connectivity index (χ2n) is 9.02. The minimum atomic E-state index is -3.97. The minimum absolute atomic E-state index is 0.0390. The average molecular weight is 485 g/mol. The highest BCUT2D eigenvalue weighted by molar-refractivity contribution is 7.91. The number of thiazole rings is 1. The third kappa shape index (κ3) is 4.94. The maximum absolute atomic E-state index is 13.3. The van der Waals surface area contributed by atoms with Crippen LogP contribution in [0.1, 0.15) is 77.0 Å². The molecule has 1 aliphatic heterocycles. The second kappa shape index (κ2) is 10.0. The second-order valence-corrected chi connectivity index (χ2v) is 12.2. The van der Waals surface area contributed by atoms with Crippen LogP contribution in [0.3, 0.4) is 0 Å². The van der Waals surface area contributed by atoms with Crippen LogP contribution in [0.4, 0.5) is 9.93 Å². The summed E-state index contributed by atoms with van der Waals surface area (Å²) >= 11 is 0.887. The molecular weight excluding hydrogens is 452 g/mol. The van der Waals surface area contributed by atoms with Crippen molar-refractivity contribution in [2.24, 2.45) is 0 Å². The van der Waals surface area contributed by atoms with Crippen LogP contribution in [0.2, 0.25) is 0 Å². The highest BCUT2D eigenvalue weighted by atomic mass is 32.2. The number of carboxylic acids is 1. The van der Waals surface area contributed by atoms with E-state index < -0.39 is 22.0 Å². The maximum atomic E-state index is 13.3. The number of carbonyl (C=O) groups excluding carboxylic acids is 1. The van der Waals surface area contributed by atoms with E-state index in [0.29, 0.717) is 12.8 Å². The number of urea groups is 1. The molecule has 3 aliphatic rings. The van der Waals surface area contributed by atoms with Crippen LogP contribution in [-0.2, 0) is 14.8 Å². The monoisotopic (exact) mass is 484 g/mol. The summed E-state index contributed by atoms with van der Waals surface area (Å²) in [6.45, 7) is 0.177. The van der Waals surface area contributed by atoms with Crippen molar-refractivity contribution in [1.29, 1.82) is 0 Å². The molecule has 0 radical (unpaired) electrons. The van der Waals surface area contributed by atoms with Gasteiger partial charge in [-0.1, -0.05) is 49.9 Å². The van der Waals surface area contributed by atoms with Gasteiger partial charge in [-0.25, -0.2) is 18.2 Å². The van der Waals surface area contributed by atoms with Crippen molar-refractivity contribution in [3.63, 3.8) is 0 Å². The summed E-state index contributed by atoms with van der Waals surface area (Å²) in [4.78, 5) is 30.9. The number of sulfonamides is 1. The molecule has 1 saturated heterocycles. The van der Waals surface area contributed by atoms with Gasteiger partial charge in [-0.3, -0.25) is 10.1 Å². The zero-order chi connectivity index (χ0) is 22.7. The molecule has 0 spiro atoms. The lowest BCUT2D eigenvalue weighted by Crippen LogP contribution is -2.50. The van der Waals surface area contributed by atoms with Crippen LogP contribution in [0.5, 0.6) is 0 Å². The third-order valence-corrected chi connectivity index (χ3v) is 10.2. The number of aromatic nitrogens is 1. The Morgan fingerprint density at radius 3 is 2.16 bits per heavy atom. The molecule has 32 heavy (non-hydrogen) atoms. The summed E-state index contributed by atoms with van der Waals surface area (Å²) < 4.78 is 27.0. The van der Waals surface area contributed by atoms with Gasteiger partial charge in [0.1, 0.15) is 6.04 Å². The van der Waals surface area contributed by atoms with Crippen molar-refractivity contribution in [3.8, 4) is 0 Å². The first-order chi connectivity index (χ1) is 15.4. The van der Waals surface area contributed by atoms with E-state index in [4.69, 9.17) is 0 Å². The van der Waals surface area contributed by atoms with Crippen LogP contribution < -0.4 is 5.32 Å². The molecular formula is C21H32N4O5S2. The Balaban J connectivity index is 1.49. The molecule has 1 atom stereocenters. The highest BCUT2D eigenvalue weighted by Crippen LogP contribution is 2.33. The fourth-order valence-electron chi connectivity index (χ4n) is 5.33. The van der Waals surface area contributed by atoms with Crippen molar-refractivity contribution >= 4 is 38.5 Å². The summed E-state index contributed by atoms with van der Waals surface area (Å²) in [6, 6.07) is -0.813. The van der Waals surface area contributed by atoms with Crippen molar-refractivity contribution in [3.05, 3.63) is 6.20 Å². The number of hydrogen-bond donors (Lipinski definition) is 2. The molecule has 2 saturated carbocycles. The van der Waals surface area contributed by atoms with Gasteiger partial charge in [-0.05, 0) is 38.5 Å². The fourth-order valence-corrected chi connectivity index (χ4v) is 8.13. The van der Waals surface area contributed by atoms with E-state index in [-0.39, 0.29) is 34.0 Å². The topological polar surface area (TPSA) is 120 Å². The first-order valence-electron chi connectivity index (χ1n) is 11.7. The van der Waals surface area contributed by atoms with Crippen molar-refractivity contribution in [1.82, 2.24) is 14.2 Å². The van der Waals surface area contributed by atoms with Gasteiger partial charge in [0.25, 0.3) is 10.0 Å². The van der Waals surface area contributed by atoms with E-state index in [9.17, 15) is 23.1 Å². The lowest BCUT2D eigenvalue weighted by atomic mass is 9.89. The number of rotatable bonds is 6. The number of carbonyl (C=O) groups is 2. The molecule has 9 nitrogen and oxygen atoms in total. The summed E-state index contributed by atoms with van der Waals surface area (Å²) in [5, 5.41) is 12.4. The number of hydrogen-bond acceptors (Lipinski definition) is 6. The van der Waals surface area contributed by atoms with Crippen LogP contribution in [-0.4, -0.2) is 64.4 Å². The molecule has 2 heterocycles. The molecule has 0 bridgehead atoms. The quantitative estimate of drug-likeness (QED) is 0.632. The highest BCUT2D eigenvalue weighted by Gasteiger charge is 2.40. The Morgan fingerprint density at radius 1 is 1.00 bits per heavy atom. The molecule has 2 amide bonds. The third-order valence-electron chi connectivity index (χ3n) is 6.92. The molecule has 2 N–H and O–H groups in total. The fraction of sp³-hybridized carbons (Fsp3) is 0.762. The van der Waals surface area contributed by atoms with Gasteiger partial charge in [0.2, 0.25) is 0 Å². The van der Waals surface area contributed by atoms with Gasteiger partial charge >= 0.3 is 12.0 Å². The Morgan fingerprint density at radius 2 is 1.59 bits per heavy atom. The normalized spacial score (nSPS) is 23.8. The molecule has 0 aromatic carbocycles. The zero-order valence-electron chi connectivity index (χ0n) is 18.2. The predicted molar refractivity (Wildman–Crippen MR) is 121 cm³/mol. The molecule has 2 aliphatic carbocycles. The smallest absolute Gasteiger partial charge is 0.324 e. The van der Waals surface area contributed by atoms with Crippen LogP contribution in [0, 0.1) is 0 Å². The number of nitrogens with one attached hydrogen (secondary N) is 1. The number of carboxylic acid groups (broad SMARTS) is 1. The van der Waals surface area contributed by atoms with Crippen molar-refractivity contribution in [2.45, 2.75) is 99.4 Å². The zero-order valence-corrected chi connectivity index (χ0v) is 19.9. The van der Waals surface area contributed by atoms with Gasteiger partial charge in [-0.15, -0.1) is 0 Å². The molecule has 3 fully saturated rings. The summed E-state index contributed by atoms with van der Waals surface area (Å²) in [6.07, 6.45) is 13.0. The van der Waals surface area contributed by atoms with E-state index >= 15 is 0 Å². The van der Waals surface area contributed by atoms with E-state index in [1.807, 2.05) is 4.90 Å². The van der Waals surface area contributed by atoms with Crippen LogP contribution in [0.25, 0.3) is 0 Å². The summed E-state index contributed by atoms with van der Waals surface area (Å²) in [5.74, 6) is -1.14. The van der Waals surface area contributed by atoms with Gasteiger partial charge in [-0.2, -0.15) is 4.31 Å². The number of amides is 2. The molecule has 178 valence electrons. The predicted octanol–water partition coefficient (Wildman–Crippen LogP) is 3.88. The molecule has 11 heteroatoms. The van der Waals surface area contributed by atoms with Crippen LogP contribution in [0.15, 0.2) is 10.4 Å². The SMILES string of the molecule is O=C(O)C1CCCN1S(=O)(=O)c1cnc(NC(=O)N(C2CCCCC2)C2CCCCC2)s1. The molecule has 1 aromatic rings. The van der Waals surface area contributed by atoms with Crippen LogP contribution >= 0.6 is 11.3 Å². The Bertz CT molecular complexity index is 904. The first-order valence-corrected chi connectivity index (χ1v) is 13.9. The number of nitrogens with zero attached hydrogens (tertiary/aromatic N) is 3. The molecule has 4 rings (SSSR count). The van der Waals surface area contributed by atoms with Gasteiger partial charge < -0.3 is 10.0 Å². The average Bonchev–Trinajstić information content (AvgIpc) is 3.46. The standard InChI is InChI=1S/C21H32N4O5S2/c26-19(27)17-12-7-13-24(17)32(29,30)18-14-22-20(31-18)23-21(28)25(15-8-3-1-4-9-15)16-10-5-2-6-11-16/h14-17H,1-13H2,(H,26,27)(H,22,23,28). The largest absolute Gasteiger partial charge is 0.480 e. The van der Waals surface area contributed by atoms with E-state index in [1.165, 1.54) is 19.0 Å². The molecule has 1 unspecified atom stereocenters. The Hall–Kier alpha value is -1.72. The molecule has 1 aromatic heterocycles. The lowest BCUT2D eigenvalue weighted by Gasteiger charge is -2.41. The Kier molecular flexibility index (Phi) is 7.36. The van der Waals surface area contributed by atoms with Gasteiger partial charge in [0.05, 0.1) is 6.20 Å². The van der Waals surface area contributed by atoms with Crippen molar-refractivity contribution < 1.29 is 23.1 Å². The maximum Gasteiger partial charge on any atom is 0.324 e. The number of aliphatic carboxylic acids is 1. The Labute approximate surface area is 193 Å². The van der Waals surface area contributed by atoms with Crippen molar-refractivity contribution in [2.75, 3.05) is 11.9 Å². The number of anilines is 1. The van der Waals surface area contributed by atoms with E-state index in [1.54, 1.807) is 0 Å². The van der Waals surface area contributed by atoms with Gasteiger partial charge in [0, 0.05) is 18.6 Å².